The molecule has 18 heavy (non-hydrogen) atoms. The van der Waals surface area contributed by atoms with Gasteiger partial charge in [-0.1, -0.05) is 31.2 Å². The van der Waals surface area contributed by atoms with Crippen LogP contribution >= 0.6 is 0 Å². The molecule has 0 fully saturated rings. The maximum absolute atomic E-state index is 9.21. The van der Waals surface area contributed by atoms with E-state index in [2.05, 4.69) is 42.6 Å². The lowest BCUT2D eigenvalue weighted by Gasteiger charge is -2.24. The molecule has 0 amide bonds. The summed E-state index contributed by atoms with van der Waals surface area (Å²) >= 11 is 0. The van der Waals surface area contributed by atoms with Crippen LogP contribution in [0, 0.1) is 11.3 Å². The van der Waals surface area contributed by atoms with Crippen LogP contribution in [0.2, 0.25) is 0 Å². The summed E-state index contributed by atoms with van der Waals surface area (Å²) in [5.41, 5.74) is 4.59. The van der Waals surface area contributed by atoms with Crippen LogP contribution in [-0.4, -0.2) is 6.54 Å². The molecule has 0 aromatic heterocycles. The third-order valence-corrected chi connectivity index (χ3v) is 3.51. The Bertz CT molecular complexity index is 518. The Balaban J connectivity index is 2.46. The van der Waals surface area contributed by atoms with E-state index in [1.165, 1.54) is 16.8 Å². The number of nitrogens with one attached hydrogen (secondary N) is 1. The number of fused-ring (bicyclic) bond motifs is 1. The monoisotopic (exact) mass is 240 g/mol. The molecule has 0 aliphatic carbocycles. The SMILES string of the molecule is CC/C=C1\NCCc2cc(C(C)(C)C#N)ccc21. The first-order chi connectivity index (χ1) is 8.58. The number of nitriles is 1. The Hall–Kier alpha value is -1.75. The molecule has 0 atom stereocenters. The van der Waals surface area contributed by atoms with E-state index >= 15 is 0 Å². The van der Waals surface area contributed by atoms with Crippen LogP contribution in [0.25, 0.3) is 5.70 Å². The third-order valence-electron chi connectivity index (χ3n) is 3.51. The number of nitrogens with zero attached hydrogens (tertiary/aromatic N) is 1. The van der Waals surface area contributed by atoms with E-state index in [0.29, 0.717) is 0 Å². The first-order valence-electron chi connectivity index (χ1n) is 6.57. The van der Waals surface area contributed by atoms with Crippen molar-refractivity contribution in [2.75, 3.05) is 6.54 Å². The van der Waals surface area contributed by atoms with Crippen molar-refractivity contribution in [1.29, 1.82) is 5.26 Å². The van der Waals surface area contributed by atoms with Gasteiger partial charge in [0.15, 0.2) is 0 Å². The molecule has 0 bridgehead atoms. The van der Waals surface area contributed by atoms with E-state index in [1.54, 1.807) is 0 Å². The van der Waals surface area contributed by atoms with Crippen LogP contribution in [0.4, 0.5) is 0 Å². The molecule has 2 rings (SSSR count). The van der Waals surface area contributed by atoms with Crippen LogP contribution in [-0.2, 0) is 11.8 Å². The number of benzene rings is 1. The van der Waals surface area contributed by atoms with Gasteiger partial charge < -0.3 is 5.32 Å². The Morgan fingerprint density at radius 1 is 1.44 bits per heavy atom. The minimum absolute atomic E-state index is 0.408. The fraction of sp³-hybridized carbons (Fsp3) is 0.438. The molecule has 0 spiro atoms. The molecule has 0 radical (unpaired) electrons. The maximum Gasteiger partial charge on any atom is 0.0766 e. The Morgan fingerprint density at radius 3 is 2.89 bits per heavy atom. The lowest BCUT2D eigenvalue weighted by atomic mass is 9.83. The Kier molecular flexibility index (Phi) is 3.43. The summed E-state index contributed by atoms with van der Waals surface area (Å²) in [6, 6.07) is 8.80. The Morgan fingerprint density at radius 2 is 2.22 bits per heavy atom. The molecular weight excluding hydrogens is 220 g/mol. The lowest BCUT2D eigenvalue weighted by molar-refractivity contribution is 0.683. The molecule has 0 unspecified atom stereocenters. The van der Waals surface area contributed by atoms with Gasteiger partial charge in [-0.25, -0.2) is 0 Å². The number of hydrogen-bond donors (Lipinski definition) is 1. The fourth-order valence-electron chi connectivity index (χ4n) is 2.33. The van der Waals surface area contributed by atoms with Crippen molar-refractivity contribution in [1.82, 2.24) is 5.32 Å². The average Bonchev–Trinajstić information content (AvgIpc) is 2.39. The molecule has 1 aliphatic heterocycles. The summed E-state index contributed by atoms with van der Waals surface area (Å²) in [5.74, 6) is 0. The van der Waals surface area contributed by atoms with Gasteiger partial charge in [0.2, 0.25) is 0 Å². The van der Waals surface area contributed by atoms with Crippen molar-refractivity contribution in [3.8, 4) is 6.07 Å². The van der Waals surface area contributed by atoms with Gasteiger partial charge in [-0.2, -0.15) is 5.26 Å². The third kappa shape index (κ3) is 2.26. The summed E-state index contributed by atoms with van der Waals surface area (Å²) in [4.78, 5) is 0. The highest BCUT2D eigenvalue weighted by Crippen LogP contribution is 2.29. The molecule has 2 heteroatoms. The highest BCUT2D eigenvalue weighted by molar-refractivity contribution is 5.69. The molecule has 0 saturated heterocycles. The van der Waals surface area contributed by atoms with E-state index in [4.69, 9.17) is 0 Å². The van der Waals surface area contributed by atoms with E-state index in [1.807, 2.05) is 13.8 Å². The minimum atomic E-state index is -0.408. The highest BCUT2D eigenvalue weighted by Gasteiger charge is 2.22. The molecule has 1 heterocycles. The van der Waals surface area contributed by atoms with Crippen molar-refractivity contribution in [2.45, 2.75) is 39.0 Å². The standard InChI is InChI=1S/C16H20N2/c1-4-5-15-14-7-6-13(16(2,3)11-17)10-12(14)8-9-18-15/h5-7,10,18H,4,8-9H2,1-3H3/b15-5-. The first-order valence-corrected chi connectivity index (χ1v) is 6.57. The van der Waals surface area contributed by atoms with Crippen molar-refractivity contribution in [3.63, 3.8) is 0 Å². The van der Waals surface area contributed by atoms with E-state index in [9.17, 15) is 5.26 Å². The molecule has 94 valence electrons. The van der Waals surface area contributed by atoms with Gasteiger partial charge in [0.05, 0.1) is 11.5 Å². The molecule has 1 aromatic rings. The minimum Gasteiger partial charge on any atom is -0.384 e. The normalized spacial score (nSPS) is 16.9. The molecule has 2 nitrogen and oxygen atoms in total. The summed E-state index contributed by atoms with van der Waals surface area (Å²) < 4.78 is 0. The van der Waals surface area contributed by atoms with Gasteiger partial charge in [-0.3, -0.25) is 0 Å². The van der Waals surface area contributed by atoms with E-state index in [0.717, 1.165) is 24.9 Å². The summed E-state index contributed by atoms with van der Waals surface area (Å²) in [7, 11) is 0. The van der Waals surface area contributed by atoms with Gasteiger partial charge in [-0.15, -0.1) is 0 Å². The van der Waals surface area contributed by atoms with E-state index < -0.39 is 5.41 Å². The van der Waals surface area contributed by atoms with E-state index in [-0.39, 0.29) is 0 Å². The Labute approximate surface area is 109 Å². The zero-order chi connectivity index (χ0) is 13.2. The maximum atomic E-state index is 9.21. The summed E-state index contributed by atoms with van der Waals surface area (Å²) in [5, 5.41) is 12.7. The second-order valence-electron chi connectivity index (χ2n) is 5.31. The van der Waals surface area contributed by atoms with Gasteiger partial charge in [-0.05, 0) is 37.8 Å². The second kappa shape index (κ2) is 4.86. The van der Waals surface area contributed by atoms with Crippen LogP contribution < -0.4 is 5.32 Å². The molecule has 1 N–H and O–H groups in total. The highest BCUT2D eigenvalue weighted by atomic mass is 14.9. The summed E-state index contributed by atoms with van der Waals surface area (Å²) in [6.07, 6.45) is 4.30. The number of hydrogen-bond acceptors (Lipinski definition) is 2. The second-order valence-corrected chi connectivity index (χ2v) is 5.31. The zero-order valence-corrected chi connectivity index (χ0v) is 11.4. The first kappa shape index (κ1) is 12.7. The topological polar surface area (TPSA) is 35.8 Å². The van der Waals surface area contributed by atoms with Crippen LogP contribution in [0.3, 0.4) is 0 Å². The zero-order valence-electron chi connectivity index (χ0n) is 11.4. The van der Waals surface area contributed by atoms with Gasteiger partial charge >= 0.3 is 0 Å². The molecule has 1 aliphatic rings. The smallest absolute Gasteiger partial charge is 0.0766 e. The molecule has 1 aromatic carbocycles. The van der Waals surface area contributed by atoms with Crippen molar-refractivity contribution in [2.24, 2.45) is 0 Å². The van der Waals surface area contributed by atoms with Crippen LogP contribution in [0.1, 0.15) is 43.9 Å². The fourth-order valence-corrected chi connectivity index (χ4v) is 2.33. The van der Waals surface area contributed by atoms with Gasteiger partial charge in [0.25, 0.3) is 0 Å². The largest absolute Gasteiger partial charge is 0.384 e. The van der Waals surface area contributed by atoms with Crippen LogP contribution in [0.5, 0.6) is 0 Å². The van der Waals surface area contributed by atoms with Crippen molar-refractivity contribution >= 4 is 5.70 Å². The molecule has 0 saturated carbocycles. The lowest BCUT2D eigenvalue weighted by Crippen LogP contribution is -2.24. The quantitative estimate of drug-likeness (QED) is 0.860. The van der Waals surface area contributed by atoms with Crippen LogP contribution in [0.15, 0.2) is 24.3 Å². The average molecular weight is 240 g/mol. The predicted octanol–water partition coefficient (Wildman–Crippen LogP) is 3.38. The van der Waals surface area contributed by atoms with Gasteiger partial charge in [0.1, 0.15) is 0 Å². The molecular formula is C16H20N2. The van der Waals surface area contributed by atoms with Gasteiger partial charge in [0, 0.05) is 17.8 Å². The van der Waals surface area contributed by atoms with Crippen molar-refractivity contribution in [3.05, 3.63) is 41.0 Å². The van der Waals surface area contributed by atoms with Crippen molar-refractivity contribution < 1.29 is 0 Å². The number of rotatable bonds is 2. The predicted molar refractivity (Wildman–Crippen MR) is 75.1 cm³/mol. The summed E-state index contributed by atoms with van der Waals surface area (Å²) in [6.45, 7) is 7.07. The number of allylic oxidation sites excluding steroid dienone is 1.